The number of nitrogen functional groups attached to an aromatic ring is 1. The number of aliphatic hydroxyl groups excluding tert-OH is 1. The summed E-state index contributed by atoms with van der Waals surface area (Å²) in [5.74, 6) is 1.01. The molecule has 2 aromatic rings. The molecule has 0 bridgehead atoms. The lowest BCUT2D eigenvalue weighted by Gasteiger charge is -2.26. The number of aromatic nitrogens is 4. The lowest BCUT2D eigenvalue weighted by Crippen LogP contribution is -2.43. The zero-order chi connectivity index (χ0) is 15.0. The van der Waals surface area contributed by atoms with Crippen LogP contribution in [0.5, 0.6) is 0 Å². The molecule has 1 saturated heterocycles. The largest absolute Gasteiger partial charge is 0.385 e. The van der Waals surface area contributed by atoms with Gasteiger partial charge in [-0.05, 0) is 18.4 Å². The average Bonchev–Trinajstić information content (AvgIpc) is 3.01. The van der Waals surface area contributed by atoms with E-state index in [9.17, 15) is 10.2 Å². The summed E-state index contributed by atoms with van der Waals surface area (Å²) >= 11 is 1.61. The molecule has 0 aliphatic carbocycles. The number of fused-ring (bicyclic) bond motifs is 1. The van der Waals surface area contributed by atoms with Crippen molar-refractivity contribution in [3.05, 3.63) is 12.7 Å². The quantitative estimate of drug-likeness (QED) is 0.709. The van der Waals surface area contributed by atoms with Crippen LogP contribution in [0.3, 0.4) is 0 Å². The number of rotatable bonds is 4. The molecule has 8 nitrogen and oxygen atoms in total. The van der Waals surface area contributed by atoms with Gasteiger partial charge in [-0.25, -0.2) is 15.0 Å². The van der Waals surface area contributed by atoms with Crippen LogP contribution in [-0.2, 0) is 4.74 Å². The van der Waals surface area contributed by atoms with Crippen LogP contribution in [0, 0.1) is 0 Å². The number of aliphatic hydroxyl groups is 2. The number of nitrogens with zero attached hydrogens (tertiary/aromatic N) is 4. The van der Waals surface area contributed by atoms with Crippen molar-refractivity contribution in [3.8, 4) is 0 Å². The van der Waals surface area contributed by atoms with E-state index in [0.29, 0.717) is 17.6 Å². The van der Waals surface area contributed by atoms with Gasteiger partial charge < -0.3 is 20.7 Å². The third-order valence-corrected chi connectivity index (χ3v) is 4.34. The molecule has 1 fully saturated rings. The molecule has 0 amide bonds. The Morgan fingerprint density at radius 2 is 2.33 bits per heavy atom. The zero-order valence-corrected chi connectivity index (χ0v) is 12.3. The minimum atomic E-state index is -1.26. The summed E-state index contributed by atoms with van der Waals surface area (Å²) in [6.45, 7) is 0.0691. The molecule has 0 spiro atoms. The van der Waals surface area contributed by atoms with Crippen molar-refractivity contribution in [2.45, 2.75) is 24.4 Å². The van der Waals surface area contributed by atoms with E-state index in [2.05, 4.69) is 15.0 Å². The maximum absolute atomic E-state index is 10.5. The first-order valence-corrected chi connectivity index (χ1v) is 7.90. The summed E-state index contributed by atoms with van der Waals surface area (Å²) in [5.41, 5.74) is 5.40. The smallest absolute Gasteiger partial charge is 0.167 e. The van der Waals surface area contributed by atoms with Crippen molar-refractivity contribution in [2.24, 2.45) is 0 Å². The monoisotopic (exact) mass is 311 g/mol. The van der Waals surface area contributed by atoms with Gasteiger partial charge in [-0.15, -0.1) is 0 Å². The number of hydrogen-bond donors (Lipinski definition) is 3. The van der Waals surface area contributed by atoms with E-state index < -0.39 is 17.9 Å². The molecule has 0 aromatic carbocycles. The molecule has 0 radical (unpaired) electrons. The standard InChI is InChI=1S/C12H17N5O3S/c1-21-3-2-12(19)4-20-11(8(12)18)17-6-16-7-9(13)14-5-15-10(7)17/h5-6,8,11,18-19H,2-4H2,1H3,(H2,13,14,15)/t8-,11-,12?/m1/s1. The summed E-state index contributed by atoms with van der Waals surface area (Å²) < 4.78 is 7.16. The predicted molar refractivity (Wildman–Crippen MR) is 78.7 cm³/mol. The maximum atomic E-state index is 10.5. The molecular weight excluding hydrogens is 294 g/mol. The number of hydrogen-bond acceptors (Lipinski definition) is 8. The highest BCUT2D eigenvalue weighted by Gasteiger charge is 2.48. The summed E-state index contributed by atoms with van der Waals surface area (Å²) in [4.78, 5) is 12.1. The SMILES string of the molecule is CSCCC1(O)CO[C@@H](n2cnc3c(N)ncnc32)[C@H]1O. The summed E-state index contributed by atoms with van der Waals surface area (Å²) in [6.07, 6.45) is 3.43. The molecule has 2 aromatic heterocycles. The zero-order valence-electron chi connectivity index (χ0n) is 11.5. The van der Waals surface area contributed by atoms with Gasteiger partial charge in [-0.1, -0.05) is 0 Å². The topological polar surface area (TPSA) is 119 Å². The third-order valence-electron chi connectivity index (χ3n) is 3.73. The fourth-order valence-corrected chi connectivity index (χ4v) is 3.02. The molecule has 3 rings (SSSR count). The Kier molecular flexibility index (Phi) is 3.74. The van der Waals surface area contributed by atoms with Crippen LogP contribution in [0.1, 0.15) is 12.6 Å². The van der Waals surface area contributed by atoms with Crippen molar-refractivity contribution in [2.75, 3.05) is 24.3 Å². The Morgan fingerprint density at radius 3 is 3.10 bits per heavy atom. The van der Waals surface area contributed by atoms with Crippen molar-refractivity contribution < 1.29 is 14.9 Å². The van der Waals surface area contributed by atoms with E-state index in [0.717, 1.165) is 5.75 Å². The van der Waals surface area contributed by atoms with Crippen molar-refractivity contribution in [3.63, 3.8) is 0 Å². The lowest BCUT2D eigenvalue weighted by molar-refractivity contribution is -0.0612. The van der Waals surface area contributed by atoms with E-state index in [4.69, 9.17) is 10.5 Å². The predicted octanol–water partition coefficient (Wildman–Crippen LogP) is -0.218. The Hall–Kier alpha value is -1.42. The average molecular weight is 311 g/mol. The lowest BCUT2D eigenvalue weighted by atomic mass is 9.96. The van der Waals surface area contributed by atoms with Crippen molar-refractivity contribution >= 4 is 28.7 Å². The Morgan fingerprint density at radius 1 is 1.52 bits per heavy atom. The molecule has 1 aliphatic heterocycles. The van der Waals surface area contributed by atoms with Crippen molar-refractivity contribution in [1.29, 1.82) is 0 Å². The number of nitrogens with two attached hydrogens (primary N) is 1. The van der Waals surface area contributed by atoms with Gasteiger partial charge in [0, 0.05) is 0 Å². The molecule has 3 heterocycles. The number of imidazole rings is 1. The second-order valence-electron chi connectivity index (χ2n) is 5.08. The van der Waals surface area contributed by atoms with Crippen LogP contribution in [0.2, 0.25) is 0 Å². The second-order valence-corrected chi connectivity index (χ2v) is 6.06. The van der Waals surface area contributed by atoms with E-state index in [1.54, 1.807) is 16.3 Å². The normalized spacial score (nSPS) is 29.3. The Labute approximate surface area is 125 Å². The van der Waals surface area contributed by atoms with Crippen LogP contribution in [0.4, 0.5) is 5.82 Å². The second kappa shape index (κ2) is 5.41. The van der Waals surface area contributed by atoms with Gasteiger partial charge in [-0.3, -0.25) is 4.57 Å². The Balaban J connectivity index is 1.92. The van der Waals surface area contributed by atoms with Crippen LogP contribution in [0.25, 0.3) is 11.2 Å². The number of ether oxygens (including phenoxy) is 1. The highest BCUT2D eigenvalue weighted by Crippen LogP contribution is 2.36. The molecule has 4 N–H and O–H groups in total. The van der Waals surface area contributed by atoms with Crippen LogP contribution < -0.4 is 5.73 Å². The van der Waals surface area contributed by atoms with Gasteiger partial charge in [0.05, 0.1) is 12.9 Å². The Bertz CT molecular complexity index is 651. The molecule has 3 atom stereocenters. The summed E-state index contributed by atoms with van der Waals surface area (Å²) in [5, 5.41) is 20.9. The molecule has 21 heavy (non-hydrogen) atoms. The number of anilines is 1. The van der Waals surface area contributed by atoms with Crippen LogP contribution in [-0.4, -0.2) is 60.1 Å². The van der Waals surface area contributed by atoms with E-state index in [1.807, 2.05) is 6.26 Å². The van der Waals surface area contributed by atoms with Crippen LogP contribution in [0.15, 0.2) is 12.7 Å². The first kappa shape index (κ1) is 14.5. The van der Waals surface area contributed by atoms with Crippen molar-refractivity contribution in [1.82, 2.24) is 19.5 Å². The third kappa shape index (κ3) is 2.35. The fourth-order valence-electron chi connectivity index (χ4n) is 2.46. The fraction of sp³-hybridized carbons (Fsp3) is 0.583. The van der Waals surface area contributed by atoms with E-state index in [-0.39, 0.29) is 12.4 Å². The van der Waals surface area contributed by atoms with Gasteiger partial charge in [0.15, 0.2) is 17.7 Å². The first-order chi connectivity index (χ1) is 10.1. The highest BCUT2D eigenvalue weighted by molar-refractivity contribution is 7.98. The molecule has 114 valence electrons. The van der Waals surface area contributed by atoms with Gasteiger partial charge in [-0.2, -0.15) is 11.8 Å². The molecule has 1 unspecified atom stereocenters. The minimum Gasteiger partial charge on any atom is -0.385 e. The van der Waals surface area contributed by atoms with Gasteiger partial charge in [0.25, 0.3) is 0 Å². The van der Waals surface area contributed by atoms with Gasteiger partial charge in [0.2, 0.25) is 0 Å². The minimum absolute atomic E-state index is 0.0691. The van der Waals surface area contributed by atoms with Crippen LogP contribution >= 0.6 is 11.8 Å². The van der Waals surface area contributed by atoms with E-state index >= 15 is 0 Å². The molecule has 1 aliphatic rings. The summed E-state index contributed by atoms with van der Waals surface area (Å²) in [7, 11) is 0. The first-order valence-electron chi connectivity index (χ1n) is 6.51. The highest BCUT2D eigenvalue weighted by atomic mass is 32.2. The van der Waals surface area contributed by atoms with Gasteiger partial charge >= 0.3 is 0 Å². The summed E-state index contributed by atoms with van der Waals surface area (Å²) in [6, 6.07) is 0. The number of thioether (sulfide) groups is 1. The molecule has 0 saturated carbocycles. The maximum Gasteiger partial charge on any atom is 0.167 e. The van der Waals surface area contributed by atoms with E-state index in [1.165, 1.54) is 12.7 Å². The molecular formula is C12H17N5O3S. The van der Waals surface area contributed by atoms with Gasteiger partial charge in [0.1, 0.15) is 23.5 Å². The molecule has 9 heteroatoms.